The Morgan fingerprint density at radius 3 is 0.957 bits per heavy atom. The van der Waals surface area contributed by atoms with Crippen molar-refractivity contribution in [1.29, 1.82) is 0 Å². The lowest BCUT2D eigenvalue weighted by Gasteiger charge is -2.50. The third-order valence-electron chi connectivity index (χ3n) is 9.88. The molecular weight excluding hydrogens is 968 g/mol. The van der Waals surface area contributed by atoms with Gasteiger partial charge in [0, 0.05) is 81.7 Å². The molecule has 0 unspecified atom stereocenters. The molecule has 396 valence electrons. The first-order valence-electron chi connectivity index (χ1n) is 22.0. The van der Waals surface area contributed by atoms with Crippen LogP contribution in [0.25, 0.3) is 0 Å². The first kappa shape index (κ1) is 59.1. The predicted molar refractivity (Wildman–Crippen MR) is 225 cm³/mol. The molecule has 0 radical (unpaired) electrons. The Morgan fingerprint density at radius 2 is 0.629 bits per heavy atom. The lowest BCUT2D eigenvalue weighted by Crippen LogP contribution is -2.69. The molecule has 0 bridgehead atoms. The molecule has 3 aliphatic rings. The van der Waals surface area contributed by atoms with E-state index in [1.54, 1.807) is 0 Å². The average Bonchev–Trinajstić information content (AvgIpc) is 3.23. The Morgan fingerprint density at radius 1 is 0.343 bits per heavy atom. The fourth-order valence-corrected chi connectivity index (χ4v) is 7.65. The van der Waals surface area contributed by atoms with Crippen LogP contribution in [-0.4, -0.2) is 184 Å². The third-order valence-corrected chi connectivity index (χ3v) is 10.2. The number of alkyl halides is 1. The maximum Gasteiger partial charge on any atom is 0.303 e. The summed E-state index contributed by atoms with van der Waals surface area (Å²) in [6.45, 7) is 8.10. The molecule has 70 heavy (non-hydrogen) atoms. The number of hydrogen-bond donors (Lipinski definition) is 0. The highest BCUT2D eigenvalue weighted by atomic mass is 35.5. The molecule has 3 fully saturated rings. The number of halogens is 1. The van der Waals surface area contributed by atoms with Crippen LogP contribution in [0.1, 0.15) is 88.5 Å². The van der Waals surface area contributed by atoms with Crippen molar-refractivity contribution in [3.05, 3.63) is 0 Å². The van der Waals surface area contributed by atoms with E-state index >= 15 is 0 Å². The molecule has 3 aliphatic heterocycles. The standard InChI is InChI=1S/C43H61ClO26/c1-19(45)56-16-29-32(59-22(4)48)35(62-25(7)51)38(41(66-29)55-15-13-11-12-14-44)69-43-40(37(64-27(9)53)34(61-24(6)50)31(68-43)18-58-21(3)47)70-42-39(65-28(10)54)36(63-26(8)52)33(60-23(5)49)30(67-42)17-57-20(2)46/h29-43H,11-18H2,1-10H3/t29-,30-,31-,32-,33-,34-,35+,36+,37+,38+,39+,40+,41+,42-,43-/m1/s1. The maximum absolute atomic E-state index is 13.1. The zero-order chi connectivity index (χ0) is 52.4. The molecule has 0 aromatic carbocycles. The lowest BCUT2D eigenvalue weighted by molar-refractivity contribution is -0.393. The van der Waals surface area contributed by atoms with Gasteiger partial charge in [-0.3, -0.25) is 47.9 Å². The van der Waals surface area contributed by atoms with E-state index in [1.165, 1.54) is 0 Å². The van der Waals surface area contributed by atoms with E-state index in [-0.39, 0.29) is 6.61 Å². The topological polar surface area (TPSA) is 318 Å². The SMILES string of the molecule is CC(=O)OC[C@H]1O[C@H](O[C@@H]2[C@@H](O[C@@H]3[C@@H](OCCCCCCl)O[C@H](COC(C)=O)[C@@H](OC(C)=O)[C@@H]3OC(C)=O)O[C@H](COC(C)=O)[C@@H](OC(C)=O)[C@@H]2OC(C)=O)[C@@H](OC(C)=O)[C@@H](OC(C)=O)[C@@H]1OC(C)=O. The summed E-state index contributed by atoms with van der Waals surface area (Å²) in [4.78, 5) is 126. The minimum atomic E-state index is -2.07. The Bertz CT molecular complexity index is 1840. The van der Waals surface area contributed by atoms with Crippen LogP contribution in [-0.2, 0) is 124 Å². The Hall–Kier alpha value is -5.25. The van der Waals surface area contributed by atoms with Gasteiger partial charge in [-0.25, -0.2) is 0 Å². The van der Waals surface area contributed by atoms with E-state index in [4.69, 9.17) is 87.4 Å². The number of rotatable bonds is 23. The monoisotopic (exact) mass is 1030 g/mol. The van der Waals surface area contributed by atoms with Crippen LogP contribution < -0.4 is 0 Å². The fourth-order valence-electron chi connectivity index (χ4n) is 7.46. The Labute approximate surface area is 407 Å². The highest BCUT2D eigenvalue weighted by molar-refractivity contribution is 6.17. The van der Waals surface area contributed by atoms with Gasteiger partial charge in [0.15, 0.2) is 73.8 Å². The molecule has 0 spiro atoms. The summed E-state index contributed by atoms with van der Waals surface area (Å²) in [7, 11) is 0. The first-order chi connectivity index (χ1) is 32.9. The van der Waals surface area contributed by atoms with Gasteiger partial charge >= 0.3 is 59.7 Å². The first-order valence-corrected chi connectivity index (χ1v) is 22.5. The molecule has 3 rings (SSSR count). The summed E-state index contributed by atoms with van der Waals surface area (Å²) in [5.74, 6) is -8.97. The molecule has 3 saturated heterocycles. The van der Waals surface area contributed by atoms with E-state index < -0.39 is 172 Å². The maximum atomic E-state index is 13.1. The van der Waals surface area contributed by atoms with Gasteiger partial charge in [0.2, 0.25) is 0 Å². The minimum Gasteiger partial charge on any atom is -0.463 e. The van der Waals surface area contributed by atoms with Crippen molar-refractivity contribution in [3.8, 4) is 0 Å². The van der Waals surface area contributed by atoms with Crippen LogP contribution in [0.4, 0.5) is 0 Å². The predicted octanol–water partition coefficient (Wildman–Crippen LogP) is 0.568. The van der Waals surface area contributed by atoms with Crippen LogP contribution in [0, 0.1) is 0 Å². The van der Waals surface area contributed by atoms with E-state index in [1.807, 2.05) is 0 Å². The second-order valence-corrected chi connectivity index (χ2v) is 16.3. The molecule has 0 amide bonds. The minimum absolute atomic E-state index is 0.0669. The van der Waals surface area contributed by atoms with Crippen LogP contribution in [0.3, 0.4) is 0 Å². The summed E-state index contributed by atoms with van der Waals surface area (Å²) in [5.41, 5.74) is 0. The number of esters is 10. The average molecular weight is 1030 g/mol. The van der Waals surface area contributed by atoms with Crippen molar-refractivity contribution in [2.75, 3.05) is 32.3 Å². The molecule has 3 heterocycles. The fraction of sp³-hybridized carbons (Fsp3) is 0.767. The van der Waals surface area contributed by atoms with Gasteiger partial charge in [-0.1, -0.05) is 0 Å². The van der Waals surface area contributed by atoms with E-state index in [9.17, 15) is 47.9 Å². The molecule has 26 nitrogen and oxygen atoms in total. The van der Waals surface area contributed by atoms with Crippen molar-refractivity contribution >= 4 is 71.3 Å². The number of ether oxygens (including phenoxy) is 16. The number of carbonyl (C=O) groups excluding carboxylic acids is 10. The van der Waals surface area contributed by atoms with Crippen LogP contribution in [0.2, 0.25) is 0 Å². The van der Waals surface area contributed by atoms with Crippen molar-refractivity contribution in [2.24, 2.45) is 0 Å². The van der Waals surface area contributed by atoms with E-state index in [0.717, 1.165) is 69.2 Å². The van der Waals surface area contributed by atoms with E-state index in [2.05, 4.69) is 0 Å². The second-order valence-electron chi connectivity index (χ2n) is 15.9. The smallest absolute Gasteiger partial charge is 0.303 e. The highest BCUT2D eigenvalue weighted by Crippen LogP contribution is 2.38. The molecule has 15 atom stereocenters. The van der Waals surface area contributed by atoms with Gasteiger partial charge in [0.1, 0.15) is 38.1 Å². The van der Waals surface area contributed by atoms with E-state index in [0.29, 0.717) is 25.1 Å². The lowest BCUT2D eigenvalue weighted by atomic mass is 9.95. The zero-order valence-electron chi connectivity index (χ0n) is 40.3. The molecule has 0 aromatic rings. The highest BCUT2D eigenvalue weighted by Gasteiger charge is 2.60. The Kier molecular flexibility index (Phi) is 24.1. The van der Waals surface area contributed by atoms with Crippen LogP contribution >= 0.6 is 11.6 Å². The van der Waals surface area contributed by atoms with Crippen molar-refractivity contribution in [3.63, 3.8) is 0 Å². The van der Waals surface area contributed by atoms with Crippen LogP contribution in [0.15, 0.2) is 0 Å². The van der Waals surface area contributed by atoms with Crippen LogP contribution in [0.5, 0.6) is 0 Å². The second kappa shape index (κ2) is 28.6. The molecule has 0 aliphatic carbocycles. The number of carbonyl (C=O) groups is 10. The van der Waals surface area contributed by atoms with Crippen molar-refractivity contribution in [1.82, 2.24) is 0 Å². The summed E-state index contributed by atoms with van der Waals surface area (Å²) in [6.07, 6.45) is -25.0. The molecular formula is C43H61ClO26. The van der Waals surface area contributed by atoms with Gasteiger partial charge in [-0.15, -0.1) is 11.6 Å². The van der Waals surface area contributed by atoms with Crippen molar-refractivity contribution in [2.45, 2.75) is 181 Å². The Balaban J connectivity index is 2.40. The summed E-state index contributed by atoms with van der Waals surface area (Å²) < 4.78 is 93.1. The molecule has 0 saturated carbocycles. The van der Waals surface area contributed by atoms with Gasteiger partial charge in [-0.05, 0) is 19.3 Å². The van der Waals surface area contributed by atoms with Gasteiger partial charge in [0.05, 0.1) is 0 Å². The number of hydrogen-bond acceptors (Lipinski definition) is 26. The molecule has 27 heteroatoms. The third kappa shape index (κ3) is 18.8. The number of unbranched alkanes of at least 4 members (excludes halogenated alkanes) is 2. The van der Waals surface area contributed by atoms with Crippen molar-refractivity contribution < 1.29 is 124 Å². The summed E-state index contributed by atoms with van der Waals surface area (Å²) in [6, 6.07) is 0. The zero-order valence-corrected chi connectivity index (χ0v) is 41.1. The normalized spacial score (nSPS) is 30.5. The summed E-state index contributed by atoms with van der Waals surface area (Å²) in [5, 5.41) is 0. The summed E-state index contributed by atoms with van der Waals surface area (Å²) >= 11 is 5.88. The largest absolute Gasteiger partial charge is 0.463 e. The van der Waals surface area contributed by atoms with Gasteiger partial charge < -0.3 is 75.8 Å². The van der Waals surface area contributed by atoms with Gasteiger partial charge in [0.25, 0.3) is 0 Å². The molecule has 0 N–H and O–H groups in total. The molecule has 0 aromatic heterocycles. The quantitative estimate of drug-likeness (QED) is 0.0584. The van der Waals surface area contributed by atoms with Gasteiger partial charge in [-0.2, -0.15) is 0 Å².